The molecule has 2 atom stereocenters. The van der Waals surface area contributed by atoms with Crippen molar-refractivity contribution in [2.45, 2.75) is 78.6 Å². The maximum atomic E-state index is 12.7. The molecule has 1 fully saturated rings. The molecule has 0 radical (unpaired) electrons. The molecule has 0 saturated heterocycles. The molecule has 0 N–H and O–H groups in total. The van der Waals surface area contributed by atoms with E-state index in [2.05, 4.69) is 100 Å². The second kappa shape index (κ2) is 13.2. The summed E-state index contributed by atoms with van der Waals surface area (Å²) in [6.45, 7) is 9.51. The van der Waals surface area contributed by atoms with Crippen LogP contribution in [0.15, 0.2) is 84.9 Å². The van der Waals surface area contributed by atoms with E-state index in [0.29, 0.717) is 13.1 Å². The largest absolute Gasteiger partial charge is 0.336 e. The third-order valence-electron chi connectivity index (χ3n) is 8.62. The Balaban J connectivity index is 1.43. The first kappa shape index (κ1) is 29.3. The van der Waals surface area contributed by atoms with Crippen molar-refractivity contribution < 1.29 is 9.59 Å². The van der Waals surface area contributed by atoms with Gasteiger partial charge >= 0.3 is 0 Å². The highest BCUT2D eigenvalue weighted by Gasteiger charge is 2.34. The zero-order valence-electron chi connectivity index (χ0n) is 25.3. The van der Waals surface area contributed by atoms with Gasteiger partial charge in [-0.1, -0.05) is 120 Å². The summed E-state index contributed by atoms with van der Waals surface area (Å²) < 4.78 is 0. The predicted octanol–water partition coefficient (Wildman–Crippen LogP) is 8.18. The van der Waals surface area contributed by atoms with E-state index in [1.165, 1.54) is 33.4 Å². The van der Waals surface area contributed by atoms with E-state index in [4.69, 9.17) is 0 Å². The summed E-state index contributed by atoms with van der Waals surface area (Å²) in [6.07, 6.45) is 5.87. The van der Waals surface area contributed by atoms with Gasteiger partial charge in [-0.3, -0.25) is 9.59 Å². The van der Waals surface area contributed by atoms with Crippen molar-refractivity contribution in [2.75, 3.05) is 0 Å². The monoisotopic (exact) mass is 558 g/mol. The Morgan fingerprint density at radius 3 is 1.29 bits per heavy atom. The van der Waals surface area contributed by atoms with Crippen LogP contribution in [-0.2, 0) is 22.7 Å². The Labute approximate surface area is 251 Å². The van der Waals surface area contributed by atoms with Crippen LogP contribution in [0.1, 0.15) is 59.1 Å². The molecule has 1 aliphatic carbocycles. The van der Waals surface area contributed by atoms with Crippen molar-refractivity contribution in [1.82, 2.24) is 9.80 Å². The fourth-order valence-corrected chi connectivity index (χ4v) is 6.86. The third-order valence-corrected chi connectivity index (χ3v) is 8.62. The van der Waals surface area contributed by atoms with Gasteiger partial charge in [-0.2, -0.15) is 0 Å². The number of carbonyl (C=O) groups is 2. The highest BCUT2D eigenvalue weighted by molar-refractivity contribution is 5.70. The second-order valence-electron chi connectivity index (χ2n) is 12.0. The first-order chi connectivity index (χ1) is 20.4. The van der Waals surface area contributed by atoms with Gasteiger partial charge in [0.25, 0.3) is 0 Å². The van der Waals surface area contributed by atoms with Gasteiger partial charge in [0.15, 0.2) is 0 Å². The van der Waals surface area contributed by atoms with Crippen molar-refractivity contribution >= 4 is 12.8 Å². The highest BCUT2D eigenvalue weighted by atomic mass is 16.1. The number of hydrogen-bond donors (Lipinski definition) is 0. The molecule has 0 heterocycles. The molecule has 4 aromatic carbocycles. The molecular weight excluding hydrogens is 516 g/mol. The second-order valence-corrected chi connectivity index (χ2v) is 12.0. The maximum Gasteiger partial charge on any atom is 0.210 e. The van der Waals surface area contributed by atoms with E-state index in [-0.39, 0.29) is 12.1 Å². The van der Waals surface area contributed by atoms with Crippen LogP contribution in [0.25, 0.3) is 22.3 Å². The van der Waals surface area contributed by atoms with Crippen LogP contribution in [0.3, 0.4) is 0 Å². The molecule has 0 aliphatic heterocycles. The standard InChI is InChI=1S/C38H42N2O2/c1-27-17-28(2)20-33(19-27)35-13-7-5-11-31(35)23-39(25-41)37-15-9-10-16-38(37)40(26-42)24-32-12-6-8-14-36(32)34-21-29(3)18-30(4)22-34/h5-8,11-14,17-22,25-26,37-38H,9-10,15-16,23-24H2,1-4H3/t37-,38-/m1/s1. The van der Waals surface area contributed by atoms with Crippen molar-refractivity contribution in [3.63, 3.8) is 0 Å². The van der Waals surface area contributed by atoms with Crippen LogP contribution in [0, 0.1) is 27.7 Å². The van der Waals surface area contributed by atoms with Gasteiger partial charge in [0.2, 0.25) is 12.8 Å². The lowest BCUT2D eigenvalue weighted by Crippen LogP contribution is -2.52. The smallest absolute Gasteiger partial charge is 0.210 e. The average Bonchev–Trinajstić information content (AvgIpc) is 2.98. The molecule has 5 rings (SSSR count). The van der Waals surface area contributed by atoms with Gasteiger partial charge < -0.3 is 9.80 Å². The molecule has 216 valence electrons. The Morgan fingerprint density at radius 1 is 0.571 bits per heavy atom. The average molecular weight is 559 g/mol. The predicted molar refractivity (Wildman–Crippen MR) is 172 cm³/mol. The fourth-order valence-electron chi connectivity index (χ4n) is 6.86. The molecule has 0 bridgehead atoms. The van der Waals surface area contributed by atoms with Crippen molar-refractivity contribution in [2.24, 2.45) is 0 Å². The zero-order valence-corrected chi connectivity index (χ0v) is 25.3. The van der Waals surface area contributed by atoms with Crippen molar-refractivity contribution in [3.05, 3.63) is 118 Å². The molecule has 0 spiro atoms. The van der Waals surface area contributed by atoms with E-state index >= 15 is 0 Å². The summed E-state index contributed by atoms with van der Waals surface area (Å²) in [4.78, 5) is 29.3. The Morgan fingerprint density at radius 2 is 0.929 bits per heavy atom. The Hall–Kier alpha value is -4.18. The SMILES string of the molecule is Cc1cc(C)cc(-c2ccccc2CN(C=O)[C@@H]2CCCC[C@H]2N(C=O)Cc2ccccc2-c2cc(C)cc(C)c2)c1. The molecule has 0 aromatic heterocycles. The van der Waals surface area contributed by atoms with Gasteiger partial charge in [0.1, 0.15) is 0 Å². The van der Waals surface area contributed by atoms with E-state index < -0.39 is 0 Å². The lowest BCUT2D eigenvalue weighted by Gasteiger charge is -2.43. The van der Waals surface area contributed by atoms with Gasteiger partial charge in [-0.15, -0.1) is 0 Å². The molecule has 4 heteroatoms. The Bertz CT molecular complexity index is 1400. The minimum Gasteiger partial charge on any atom is -0.336 e. The minimum absolute atomic E-state index is 0.0397. The molecule has 4 nitrogen and oxygen atoms in total. The van der Waals surface area contributed by atoms with E-state index in [0.717, 1.165) is 60.8 Å². The number of benzene rings is 4. The maximum absolute atomic E-state index is 12.7. The minimum atomic E-state index is -0.0397. The van der Waals surface area contributed by atoms with Crippen molar-refractivity contribution in [3.8, 4) is 22.3 Å². The van der Waals surface area contributed by atoms with Gasteiger partial charge in [0, 0.05) is 13.1 Å². The van der Waals surface area contributed by atoms with E-state index in [1.54, 1.807) is 0 Å². The number of hydrogen-bond acceptors (Lipinski definition) is 2. The summed E-state index contributed by atoms with van der Waals surface area (Å²) in [6, 6.07) is 29.9. The molecule has 1 aliphatic rings. The van der Waals surface area contributed by atoms with Gasteiger partial charge in [-0.25, -0.2) is 0 Å². The zero-order chi connectivity index (χ0) is 29.6. The third kappa shape index (κ3) is 6.65. The molecule has 2 amide bonds. The summed E-state index contributed by atoms with van der Waals surface area (Å²) >= 11 is 0. The molecule has 42 heavy (non-hydrogen) atoms. The first-order valence-electron chi connectivity index (χ1n) is 15.1. The number of aryl methyl sites for hydroxylation is 4. The van der Waals surface area contributed by atoms with Crippen LogP contribution in [-0.4, -0.2) is 34.7 Å². The number of nitrogens with zero attached hydrogens (tertiary/aromatic N) is 2. The first-order valence-corrected chi connectivity index (χ1v) is 15.1. The van der Waals surface area contributed by atoms with Gasteiger partial charge in [0.05, 0.1) is 12.1 Å². The lowest BCUT2D eigenvalue weighted by molar-refractivity contribution is -0.129. The van der Waals surface area contributed by atoms with Gasteiger partial charge in [-0.05, 0) is 73.9 Å². The lowest BCUT2D eigenvalue weighted by atomic mass is 9.87. The van der Waals surface area contributed by atoms with Crippen LogP contribution in [0.2, 0.25) is 0 Å². The summed E-state index contributed by atoms with van der Waals surface area (Å²) in [5.41, 5.74) is 11.8. The quantitative estimate of drug-likeness (QED) is 0.184. The number of carbonyl (C=O) groups excluding carboxylic acids is 2. The summed E-state index contributed by atoms with van der Waals surface area (Å²) in [7, 11) is 0. The molecular formula is C38H42N2O2. The van der Waals surface area contributed by atoms with Crippen LogP contribution in [0.5, 0.6) is 0 Å². The van der Waals surface area contributed by atoms with Crippen LogP contribution < -0.4 is 0 Å². The van der Waals surface area contributed by atoms with Crippen molar-refractivity contribution in [1.29, 1.82) is 0 Å². The molecule has 1 saturated carbocycles. The van der Waals surface area contributed by atoms with E-state index in [1.807, 2.05) is 21.9 Å². The Kier molecular flexibility index (Phi) is 9.22. The number of amides is 2. The van der Waals surface area contributed by atoms with Crippen LogP contribution in [0.4, 0.5) is 0 Å². The topological polar surface area (TPSA) is 40.6 Å². The summed E-state index contributed by atoms with van der Waals surface area (Å²) in [5, 5.41) is 0. The molecule has 4 aromatic rings. The highest BCUT2D eigenvalue weighted by Crippen LogP contribution is 2.33. The molecule has 0 unspecified atom stereocenters. The summed E-state index contributed by atoms with van der Waals surface area (Å²) in [5.74, 6) is 0. The normalized spacial score (nSPS) is 16.6. The van der Waals surface area contributed by atoms with Crippen LogP contribution >= 0.6 is 0 Å². The van der Waals surface area contributed by atoms with E-state index in [9.17, 15) is 9.59 Å². The fraction of sp³-hybridized carbons (Fsp3) is 0.316. The number of rotatable bonds is 10.